The number of carbonyl (C=O) groups is 2. The molecule has 0 unspecified atom stereocenters. The lowest BCUT2D eigenvalue weighted by atomic mass is 10.1. The molecular formula is C19H27FN2O3. The highest BCUT2D eigenvalue weighted by molar-refractivity contribution is 5.76. The van der Waals surface area contributed by atoms with E-state index in [1.165, 1.54) is 6.07 Å². The van der Waals surface area contributed by atoms with Crippen LogP contribution in [0.4, 0.5) is 9.18 Å². The van der Waals surface area contributed by atoms with Crippen molar-refractivity contribution in [1.29, 1.82) is 0 Å². The van der Waals surface area contributed by atoms with Gasteiger partial charge >= 0.3 is 6.09 Å². The lowest BCUT2D eigenvalue weighted by molar-refractivity contribution is -0.131. The zero-order valence-corrected chi connectivity index (χ0v) is 15.3. The molecule has 1 aromatic carbocycles. The summed E-state index contributed by atoms with van der Waals surface area (Å²) in [5, 5.41) is 0. The van der Waals surface area contributed by atoms with Crippen molar-refractivity contribution in [2.75, 3.05) is 26.2 Å². The van der Waals surface area contributed by atoms with Crippen LogP contribution in [-0.4, -0.2) is 53.6 Å². The summed E-state index contributed by atoms with van der Waals surface area (Å²) in [7, 11) is 0. The molecule has 0 aliphatic carbocycles. The number of rotatable bonds is 3. The number of amides is 2. The Labute approximate surface area is 148 Å². The second kappa shape index (κ2) is 8.32. The average Bonchev–Trinajstić information content (AvgIpc) is 2.78. The Balaban J connectivity index is 1.84. The summed E-state index contributed by atoms with van der Waals surface area (Å²) in [6, 6.07) is 6.52. The second-order valence-electron chi connectivity index (χ2n) is 7.29. The zero-order valence-electron chi connectivity index (χ0n) is 15.3. The lowest BCUT2D eigenvalue weighted by Gasteiger charge is -2.26. The van der Waals surface area contributed by atoms with Crippen molar-refractivity contribution >= 4 is 12.0 Å². The quantitative estimate of drug-likeness (QED) is 0.841. The molecule has 2 amide bonds. The van der Waals surface area contributed by atoms with Gasteiger partial charge in [-0.25, -0.2) is 9.18 Å². The van der Waals surface area contributed by atoms with Gasteiger partial charge in [0.25, 0.3) is 0 Å². The predicted octanol–water partition coefficient (Wildman–Crippen LogP) is 3.23. The minimum atomic E-state index is -0.529. The van der Waals surface area contributed by atoms with Gasteiger partial charge in [0.1, 0.15) is 11.4 Å². The molecule has 0 spiro atoms. The summed E-state index contributed by atoms with van der Waals surface area (Å²) in [6.07, 6.45) is 1.03. The first kappa shape index (κ1) is 19.2. The summed E-state index contributed by atoms with van der Waals surface area (Å²) < 4.78 is 19.0. The maximum absolute atomic E-state index is 13.6. The first-order valence-corrected chi connectivity index (χ1v) is 8.75. The number of hydrogen-bond acceptors (Lipinski definition) is 3. The fraction of sp³-hybridized carbons (Fsp3) is 0.579. The van der Waals surface area contributed by atoms with Gasteiger partial charge in [0.05, 0.1) is 0 Å². The van der Waals surface area contributed by atoms with E-state index in [1.54, 1.807) is 28.0 Å². The first-order chi connectivity index (χ1) is 11.8. The molecule has 2 rings (SSSR count). The van der Waals surface area contributed by atoms with E-state index in [4.69, 9.17) is 4.74 Å². The fourth-order valence-corrected chi connectivity index (χ4v) is 2.78. The van der Waals surface area contributed by atoms with Gasteiger partial charge in [0.2, 0.25) is 5.91 Å². The molecule has 0 radical (unpaired) electrons. The molecule has 0 saturated carbocycles. The van der Waals surface area contributed by atoms with Crippen LogP contribution in [0.25, 0.3) is 0 Å². The summed E-state index contributed by atoms with van der Waals surface area (Å²) in [6.45, 7) is 7.63. The van der Waals surface area contributed by atoms with E-state index in [0.717, 1.165) is 0 Å². The molecule has 1 saturated heterocycles. The standard InChI is InChI=1S/C19H27FN2O3/c1-19(2,3)25-18(24)22-12-6-11-21(13-14-22)17(23)10-9-15-7-4-5-8-16(15)20/h4-5,7-8H,6,9-14H2,1-3H3. The van der Waals surface area contributed by atoms with Crippen molar-refractivity contribution < 1.29 is 18.7 Å². The lowest BCUT2D eigenvalue weighted by Crippen LogP contribution is -2.40. The van der Waals surface area contributed by atoms with Gasteiger partial charge < -0.3 is 14.5 Å². The first-order valence-electron chi connectivity index (χ1n) is 8.75. The number of nitrogens with zero attached hydrogens (tertiary/aromatic N) is 2. The van der Waals surface area contributed by atoms with Crippen LogP contribution in [0, 0.1) is 5.82 Å². The number of hydrogen-bond donors (Lipinski definition) is 0. The third-order valence-electron chi connectivity index (χ3n) is 4.07. The number of aryl methyl sites for hydroxylation is 1. The molecular weight excluding hydrogens is 323 g/mol. The van der Waals surface area contributed by atoms with Gasteiger partial charge in [-0.05, 0) is 45.2 Å². The highest BCUT2D eigenvalue weighted by Crippen LogP contribution is 2.14. The minimum absolute atomic E-state index is 0.00529. The third-order valence-corrected chi connectivity index (χ3v) is 4.07. The Morgan fingerprint density at radius 1 is 1.08 bits per heavy atom. The van der Waals surface area contributed by atoms with Crippen LogP contribution in [0.3, 0.4) is 0 Å². The molecule has 0 N–H and O–H groups in total. The van der Waals surface area contributed by atoms with Crippen LogP contribution in [0.5, 0.6) is 0 Å². The molecule has 0 bridgehead atoms. The van der Waals surface area contributed by atoms with Crippen LogP contribution < -0.4 is 0 Å². The maximum Gasteiger partial charge on any atom is 0.410 e. The molecule has 0 aromatic heterocycles. The van der Waals surface area contributed by atoms with Gasteiger partial charge in [0.15, 0.2) is 0 Å². The molecule has 138 valence electrons. The molecule has 0 atom stereocenters. The van der Waals surface area contributed by atoms with E-state index in [0.29, 0.717) is 44.6 Å². The molecule has 1 aromatic rings. The van der Waals surface area contributed by atoms with Crippen molar-refractivity contribution in [3.8, 4) is 0 Å². The van der Waals surface area contributed by atoms with E-state index in [2.05, 4.69) is 0 Å². The molecule has 25 heavy (non-hydrogen) atoms. The molecule has 1 fully saturated rings. The maximum atomic E-state index is 13.6. The van der Waals surface area contributed by atoms with Crippen LogP contribution in [0.2, 0.25) is 0 Å². The summed E-state index contributed by atoms with van der Waals surface area (Å²) >= 11 is 0. The highest BCUT2D eigenvalue weighted by Gasteiger charge is 2.25. The Hall–Kier alpha value is -2.11. The molecule has 1 heterocycles. The summed E-state index contributed by atoms with van der Waals surface area (Å²) in [4.78, 5) is 28.0. The number of benzene rings is 1. The topological polar surface area (TPSA) is 49.9 Å². The van der Waals surface area contributed by atoms with Crippen LogP contribution in [0.15, 0.2) is 24.3 Å². The van der Waals surface area contributed by atoms with E-state index in [1.807, 2.05) is 20.8 Å². The van der Waals surface area contributed by atoms with Gasteiger partial charge in [-0.15, -0.1) is 0 Å². The van der Waals surface area contributed by atoms with Gasteiger partial charge in [-0.1, -0.05) is 18.2 Å². The van der Waals surface area contributed by atoms with Gasteiger partial charge in [0, 0.05) is 32.6 Å². The average molecular weight is 350 g/mol. The minimum Gasteiger partial charge on any atom is -0.444 e. The third kappa shape index (κ3) is 6.03. The number of halogens is 1. The normalized spacial score (nSPS) is 15.7. The van der Waals surface area contributed by atoms with Crippen molar-refractivity contribution in [3.05, 3.63) is 35.6 Å². The van der Waals surface area contributed by atoms with Crippen LogP contribution in [-0.2, 0) is 16.0 Å². The molecule has 6 heteroatoms. The highest BCUT2D eigenvalue weighted by atomic mass is 19.1. The summed E-state index contributed by atoms with van der Waals surface area (Å²) in [5.41, 5.74) is 0.0274. The number of carbonyl (C=O) groups excluding carboxylic acids is 2. The zero-order chi connectivity index (χ0) is 18.4. The van der Waals surface area contributed by atoms with Crippen molar-refractivity contribution in [2.45, 2.75) is 45.6 Å². The van der Waals surface area contributed by atoms with E-state index in [9.17, 15) is 14.0 Å². The van der Waals surface area contributed by atoms with Crippen LogP contribution in [0.1, 0.15) is 39.2 Å². The predicted molar refractivity (Wildman–Crippen MR) is 93.7 cm³/mol. The van der Waals surface area contributed by atoms with E-state index >= 15 is 0 Å². The van der Waals surface area contributed by atoms with Crippen molar-refractivity contribution in [1.82, 2.24) is 9.80 Å². The van der Waals surface area contributed by atoms with E-state index in [-0.39, 0.29) is 24.2 Å². The second-order valence-corrected chi connectivity index (χ2v) is 7.29. The van der Waals surface area contributed by atoms with Gasteiger partial charge in [-0.3, -0.25) is 4.79 Å². The smallest absolute Gasteiger partial charge is 0.410 e. The molecule has 5 nitrogen and oxygen atoms in total. The molecule has 1 aliphatic rings. The molecule has 1 aliphatic heterocycles. The van der Waals surface area contributed by atoms with E-state index < -0.39 is 5.60 Å². The van der Waals surface area contributed by atoms with Gasteiger partial charge in [-0.2, -0.15) is 0 Å². The number of ether oxygens (including phenoxy) is 1. The van der Waals surface area contributed by atoms with Crippen molar-refractivity contribution in [2.24, 2.45) is 0 Å². The van der Waals surface area contributed by atoms with Crippen molar-refractivity contribution in [3.63, 3.8) is 0 Å². The SMILES string of the molecule is CC(C)(C)OC(=O)N1CCCN(C(=O)CCc2ccccc2F)CC1. The Morgan fingerprint density at radius 3 is 2.40 bits per heavy atom. The Kier molecular flexibility index (Phi) is 6.39. The monoisotopic (exact) mass is 350 g/mol. The summed E-state index contributed by atoms with van der Waals surface area (Å²) in [5.74, 6) is -0.281. The Morgan fingerprint density at radius 2 is 1.72 bits per heavy atom. The van der Waals surface area contributed by atoms with Crippen LogP contribution >= 0.6 is 0 Å². The largest absolute Gasteiger partial charge is 0.444 e. The fourth-order valence-electron chi connectivity index (χ4n) is 2.78. The Bertz CT molecular complexity index is 613.